The minimum absolute atomic E-state index is 1.13. The van der Waals surface area contributed by atoms with Crippen LogP contribution in [0.1, 0.15) is 0 Å². The second-order valence-corrected chi connectivity index (χ2v) is 22.2. The number of nitrogens with zero attached hydrogens (tertiary/aromatic N) is 3. The fraction of sp³-hybridized carbons (Fsp3) is 0. The smallest absolute Gasteiger partial charge is 0.179 e. The maximum absolute atomic E-state index is 2.70. The van der Waals surface area contributed by atoms with Crippen molar-refractivity contribution in [2.75, 3.05) is 0 Å². The number of hydrogen-bond donors (Lipinski definition) is 0. The van der Waals surface area contributed by atoms with Crippen LogP contribution in [0.5, 0.6) is 0 Å². The highest BCUT2D eigenvalue weighted by Gasteiger charge is 2.41. The van der Waals surface area contributed by atoms with E-state index in [1.807, 2.05) is 0 Å². The Hall–Kier alpha value is -8.96. The molecule has 14 aromatic rings. The number of para-hydroxylation sites is 3. The van der Waals surface area contributed by atoms with Gasteiger partial charge in [-0.2, -0.15) is 0 Å². The number of hydrogen-bond acceptors (Lipinski definition) is 0. The molecule has 0 radical (unpaired) electrons. The Bertz CT molecular complexity index is 4170. The zero-order chi connectivity index (χ0) is 46.2. The molecule has 0 saturated carbocycles. The molecule has 0 atom stereocenters. The Labute approximate surface area is 407 Å². The highest BCUT2D eigenvalue weighted by Crippen LogP contribution is 2.43. The van der Waals surface area contributed by atoms with E-state index in [-0.39, 0.29) is 0 Å². The molecule has 3 nitrogen and oxygen atoms in total. The van der Waals surface area contributed by atoms with Gasteiger partial charge in [-0.1, -0.05) is 212 Å². The quantitative estimate of drug-likeness (QED) is 0.107. The number of rotatable bonds is 8. The third kappa shape index (κ3) is 5.94. The Morgan fingerprint density at radius 3 is 1.16 bits per heavy atom. The molecule has 3 heterocycles. The molecule has 0 N–H and O–H groups in total. The predicted molar refractivity (Wildman–Crippen MR) is 299 cm³/mol. The molecule has 328 valence electrons. The number of aromatic nitrogens is 3. The van der Waals surface area contributed by atoms with E-state index in [1.54, 1.807) is 0 Å². The second-order valence-electron chi connectivity index (χ2n) is 18.4. The van der Waals surface area contributed by atoms with Crippen molar-refractivity contribution in [3.63, 3.8) is 0 Å². The molecular weight excluding hydrogens is 863 g/mol. The van der Waals surface area contributed by atoms with Crippen LogP contribution in [-0.2, 0) is 0 Å². The van der Waals surface area contributed by atoms with Gasteiger partial charge in [0.2, 0.25) is 0 Å². The van der Waals surface area contributed by atoms with Gasteiger partial charge in [-0.3, -0.25) is 0 Å². The molecule has 0 saturated heterocycles. The van der Waals surface area contributed by atoms with Gasteiger partial charge in [-0.25, -0.2) is 0 Å². The summed E-state index contributed by atoms with van der Waals surface area (Å²) in [5, 5.41) is 12.8. The monoisotopic (exact) mass is 907 g/mol. The molecule has 0 fully saturated rings. The van der Waals surface area contributed by atoms with Crippen LogP contribution in [0.4, 0.5) is 0 Å². The van der Waals surface area contributed by atoms with Crippen molar-refractivity contribution in [3.8, 4) is 28.2 Å². The topological polar surface area (TPSA) is 14.8 Å². The van der Waals surface area contributed by atoms with E-state index < -0.39 is 8.07 Å². The standard InChI is InChI=1S/C66H45N3Si/c1-5-21-46(22-6-1)47-39-44-54-53-29-13-16-32-57(53)69(64(54)45-47)63-38-20-37-62-66(63)56-31-15-18-34-59(56)68(62)61-36-19-35-60-65(61)55-30-14-17-33-58(55)67(60)48-40-42-52(43-41-48)70(49-23-7-2-8-24-49,50-25-9-3-10-26-50)51-27-11-4-12-28-51/h1-45H. The minimum Gasteiger partial charge on any atom is -0.309 e. The Balaban J connectivity index is 0.990. The van der Waals surface area contributed by atoms with Gasteiger partial charge in [-0.05, 0) is 92.5 Å². The molecule has 0 spiro atoms. The molecule has 0 unspecified atom stereocenters. The van der Waals surface area contributed by atoms with E-state index in [2.05, 4.69) is 287 Å². The summed E-state index contributed by atoms with van der Waals surface area (Å²) in [6.45, 7) is 0. The third-order valence-electron chi connectivity index (χ3n) is 14.8. The van der Waals surface area contributed by atoms with Crippen LogP contribution in [-0.4, -0.2) is 21.8 Å². The Morgan fingerprint density at radius 1 is 0.229 bits per heavy atom. The van der Waals surface area contributed by atoms with Crippen LogP contribution in [0, 0.1) is 0 Å². The lowest BCUT2D eigenvalue weighted by molar-refractivity contribution is 1.17. The molecule has 0 aliphatic heterocycles. The van der Waals surface area contributed by atoms with Crippen LogP contribution in [0.2, 0.25) is 0 Å². The summed E-state index contributed by atoms with van der Waals surface area (Å²) in [5.74, 6) is 0. The lowest BCUT2D eigenvalue weighted by Crippen LogP contribution is -2.74. The highest BCUT2D eigenvalue weighted by atomic mass is 28.3. The van der Waals surface area contributed by atoms with Crippen LogP contribution in [0.15, 0.2) is 273 Å². The van der Waals surface area contributed by atoms with Crippen molar-refractivity contribution in [1.29, 1.82) is 0 Å². The van der Waals surface area contributed by atoms with Crippen LogP contribution >= 0.6 is 0 Å². The molecule has 0 bridgehead atoms. The Morgan fingerprint density at radius 2 is 0.614 bits per heavy atom. The van der Waals surface area contributed by atoms with Gasteiger partial charge in [0.15, 0.2) is 8.07 Å². The zero-order valence-electron chi connectivity index (χ0n) is 38.3. The maximum Gasteiger partial charge on any atom is 0.179 e. The molecule has 0 aliphatic rings. The van der Waals surface area contributed by atoms with Gasteiger partial charge >= 0.3 is 0 Å². The average molecular weight is 908 g/mol. The first-order valence-electron chi connectivity index (χ1n) is 24.2. The molecule has 4 heteroatoms. The predicted octanol–water partition coefficient (Wildman–Crippen LogP) is 14.0. The summed E-state index contributed by atoms with van der Waals surface area (Å²) < 4.78 is 7.48. The second kappa shape index (κ2) is 16.1. The lowest BCUT2D eigenvalue weighted by Gasteiger charge is -2.34. The van der Waals surface area contributed by atoms with Gasteiger partial charge in [0.1, 0.15) is 0 Å². The summed E-state index contributed by atoms with van der Waals surface area (Å²) in [4.78, 5) is 0. The van der Waals surface area contributed by atoms with Crippen molar-refractivity contribution < 1.29 is 0 Å². The molecule has 11 aromatic carbocycles. The molecule has 70 heavy (non-hydrogen) atoms. The van der Waals surface area contributed by atoms with E-state index in [0.717, 1.165) is 11.4 Å². The summed E-state index contributed by atoms with van der Waals surface area (Å²) >= 11 is 0. The lowest BCUT2D eigenvalue weighted by atomic mass is 10.0. The van der Waals surface area contributed by atoms with Gasteiger partial charge in [0.25, 0.3) is 0 Å². The highest BCUT2D eigenvalue weighted by molar-refractivity contribution is 7.19. The van der Waals surface area contributed by atoms with Crippen molar-refractivity contribution in [2.24, 2.45) is 0 Å². The maximum atomic E-state index is 2.51. The molecule has 0 amide bonds. The summed E-state index contributed by atoms with van der Waals surface area (Å²) in [6, 6.07) is 101. The van der Waals surface area contributed by atoms with E-state index in [0.29, 0.717) is 0 Å². The normalized spacial score (nSPS) is 12.0. The fourth-order valence-electron chi connectivity index (χ4n) is 11.9. The van der Waals surface area contributed by atoms with Crippen molar-refractivity contribution >= 4 is 94.2 Å². The third-order valence-corrected chi connectivity index (χ3v) is 19.6. The molecule has 3 aromatic heterocycles. The minimum atomic E-state index is -2.70. The summed E-state index contributed by atoms with van der Waals surface area (Å²) in [6.07, 6.45) is 0. The van der Waals surface area contributed by atoms with E-state index in [9.17, 15) is 0 Å². The van der Waals surface area contributed by atoms with Crippen LogP contribution < -0.4 is 20.7 Å². The molecule has 0 aliphatic carbocycles. The van der Waals surface area contributed by atoms with Gasteiger partial charge in [0, 0.05) is 38.0 Å². The fourth-order valence-corrected chi connectivity index (χ4v) is 16.6. The SMILES string of the molecule is c1ccc(-c2ccc3c4ccccc4n(-c4cccc5c4c4ccccc4n5-c4cccc5c4c4ccccc4n5-c4ccc([Si](c5ccccc5)(c5ccccc5)c5ccccc5)cc4)c3c2)cc1. The first-order chi connectivity index (χ1) is 34.8. The molecular formula is C66H45N3Si. The summed E-state index contributed by atoms with van der Waals surface area (Å²) in [5.41, 5.74) is 12.9. The molecule has 14 rings (SSSR count). The van der Waals surface area contributed by atoms with Gasteiger partial charge < -0.3 is 13.7 Å². The van der Waals surface area contributed by atoms with Crippen molar-refractivity contribution in [3.05, 3.63) is 273 Å². The first-order valence-corrected chi connectivity index (χ1v) is 26.2. The van der Waals surface area contributed by atoms with E-state index >= 15 is 0 Å². The van der Waals surface area contributed by atoms with Gasteiger partial charge in [-0.15, -0.1) is 0 Å². The van der Waals surface area contributed by atoms with E-state index in [1.165, 1.54) is 103 Å². The first kappa shape index (κ1) is 40.1. The largest absolute Gasteiger partial charge is 0.309 e. The summed E-state index contributed by atoms with van der Waals surface area (Å²) in [7, 11) is -2.70. The van der Waals surface area contributed by atoms with Crippen molar-refractivity contribution in [1.82, 2.24) is 13.7 Å². The average Bonchev–Trinajstić information content (AvgIpc) is 4.08. The van der Waals surface area contributed by atoms with E-state index in [4.69, 9.17) is 0 Å². The number of benzene rings is 11. The zero-order valence-corrected chi connectivity index (χ0v) is 39.3. The number of fused-ring (bicyclic) bond motifs is 9. The van der Waals surface area contributed by atoms with Crippen LogP contribution in [0.3, 0.4) is 0 Å². The Kier molecular flexibility index (Phi) is 9.23. The van der Waals surface area contributed by atoms with Crippen molar-refractivity contribution in [2.45, 2.75) is 0 Å². The van der Waals surface area contributed by atoms with Gasteiger partial charge in [0.05, 0.1) is 44.5 Å². The van der Waals surface area contributed by atoms with Crippen LogP contribution in [0.25, 0.3) is 93.6 Å².